The molecule has 0 spiro atoms. The fourth-order valence-electron chi connectivity index (χ4n) is 1.48. The van der Waals surface area contributed by atoms with E-state index in [1.54, 1.807) is 7.11 Å². The molecular formula is C11H21N3O2. The number of hydrogen-bond donors (Lipinski definition) is 1. The minimum atomic E-state index is 0.595. The van der Waals surface area contributed by atoms with Crippen LogP contribution in [0.1, 0.15) is 18.5 Å². The molecule has 0 aliphatic carbocycles. The maximum absolute atomic E-state index is 5.73. The number of nitrogens with zero attached hydrogens (tertiary/aromatic N) is 2. The van der Waals surface area contributed by atoms with E-state index in [-0.39, 0.29) is 0 Å². The highest BCUT2D eigenvalue weighted by atomic mass is 16.5. The molecular weight excluding hydrogens is 206 g/mol. The largest absolute Gasteiger partial charge is 0.382 e. The number of aromatic nitrogens is 2. The fourth-order valence-corrected chi connectivity index (χ4v) is 1.48. The lowest BCUT2D eigenvalue weighted by Crippen LogP contribution is -2.05. The van der Waals surface area contributed by atoms with Crippen LogP contribution in [0.15, 0.2) is 6.20 Å². The Morgan fingerprint density at radius 2 is 2.12 bits per heavy atom. The van der Waals surface area contributed by atoms with Crippen LogP contribution in [0, 0.1) is 6.92 Å². The van der Waals surface area contributed by atoms with Gasteiger partial charge in [-0.05, 0) is 19.8 Å². The van der Waals surface area contributed by atoms with Crippen molar-refractivity contribution in [3.05, 3.63) is 11.9 Å². The Labute approximate surface area is 96.6 Å². The van der Waals surface area contributed by atoms with E-state index in [0.717, 1.165) is 31.7 Å². The van der Waals surface area contributed by atoms with Gasteiger partial charge < -0.3 is 19.8 Å². The van der Waals surface area contributed by atoms with Crippen molar-refractivity contribution in [3.8, 4) is 0 Å². The third-order valence-electron chi connectivity index (χ3n) is 2.30. The molecule has 0 saturated heterocycles. The maximum Gasteiger partial charge on any atom is 0.200 e. The number of anilines is 1. The van der Waals surface area contributed by atoms with Gasteiger partial charge in [-0.15, -0.1) is 0 Å². The van der Waals surface area contributed by atoms with Crippen LogP contribution >= 0.6 is 0 Å². The van der Waals surface area contributed by atoms with E-state index >= 15 is 0 Å². The Morgan fingerprint density at radius 1 is 1.31 bits per heavy atom. The minimum absolute atomic E-state index is 0.595. The van der Waals surface area contributed by atoms with Crippen LogP contribution in [0.2, 0.25) is 0 Å². The summed E-state index contributed by atoms with van der Waals surface area (Å²) in [5.74, 6) is 0.595. The van der Waals surface area contributed by atoms with Gasteiger partial charge in [0, 0.05) is 26.5 Å². The highest BCUT2D eigenvalue weighted by Crippen LogP contribution is 2.05. The molecule has 0 aromatic carbocycles. The molecule has 0 fully saturated rings. The van der Waals surface area contributed by atoms with Crippen LogP contribution in [0.4, 0.5) is 5.95 Å². The zero-order chi connectivity index (χ0) is 11.8. The van der Waals surface area contributed by atoms with Gasteiger partial charge in [0.2, 0.25) is 0 Å². The van der Waals surface area contributed by atoms with Crippen molar-refractivity contribution in [2.24, 2.45) is 0 Å². The van der Waals surface area contributed by atoms with E-state index in [0.29, 0.717) is 19.2 Å². The van der Waals surface area contributed by atoms with Crippen molar-refractivity contribution < 1.29 is 9.47 Å². The van der Waals surface area contributed by atoms with Gasteiger partial charge in [0.1, 0.15) is 0 Å². The van der Waals surface area contributed by atoms with Crippen molar-refractivity contribution >= 4 is 5.95 Å². The molecule has 0 atom stereocenters. The van der Waals surface area contributed by atoms with E-state index < -0.39 is 0 Å². The number of methoxy groups -OCH3 is 1. The van der Waals surface area contributed by atoms with E-state index in [9.17, 15) is 0 Å². The first-order chi connectivity index (χ1) is 7.74. The first-order valence-electron chi connectivity index (χ1n) is 5.60. The standard InChI is InChI=1S/C11H21N3O2/c1-10-9-14(11(12)13-10)5-3-4-6-16-8-7-15-2/h9H,3-8H2,1-2H3,(H2,12,13). The monoisotopic (exact) mass is 227 g/mol. The molecule has 1 aromatic rings. The van der Waals surface area contributed by atoms with E-state index in [1.165, 1.54) is 0 Å². The molecule has 5 nitrogen and oxygen atoms in total. The summed E-state index contributed by atoms with van der Waals surface area (Å²) in [7, 11) is 1.67. The maximum atomic E-state index is 5.73. The van der Waals surface area contributed by atoms with Gasteiger partial charge in [-0.25, -0.2) is 4.98 Å². The normalized spacial score (nSPS) is 10.9. The third kappa shape index (κ3) is 4.63. The number of hydrogen-bond acceptors (Lipinski definition) is 4. The predicted octanol–water partition coefficient (Wildman–Crippen LogP) is 1.22. The molecule has 2 N–H and O–H groups in total. The van der Waals surface area contributed by atoms with Gasteiger partial charge in [0.05, 0.1) is 18.9 Å². The fraction of sp³-hybridized carbons (Fsp3) is 0.727. The minimum Gasteiger partial charge on any atom is -0.382 e. The van der Waals surface area contributed by atoms with Gasteiger partial charge >= 0.3 is 0 Å². The van der Waals surface area contributed by atoms with E-state index in [2.05, 4.69) is 4.98 Å². The SMILES string of the molecule is COCCOCCCCn1cc(C)nc1N. The molecule has 0 unspecified atom stereocenters. The summed E-state index contributed by atoms with van der Waals surface area (Å²) in [4.78, 5) is 4.14. The Bertz CT molecular complexity index is 299. The molecule has 5 heteroatoms. The third-order valence-corrected chi connectivity index (χ3v) is 2.30. The molecule has 0 aliphatic rings. The van der Waals surface area contributed by atoms with Gasteiger partial charge in [-0.2, -0.15) is 0 Å². The second-order valence-corrected chi connectivity index (χ2v) is 3.75. The zero-order valence-corrected chi connectivity index (χ0v) is 10.1. The number of nitrogens with two attached hydrogens (primary N) is 1. The van der Waals surface area contributed by atoms with Crippen LogP contribution in [0.25, 0.3) is 0 Å². The van der Waals surface area contributed by atoms with Crippen molar-refractivity contribution in [1.29, 1.82) is 0 Å². The van der Waals surface area contributed by atoms with Crippen molar-refractivity contribution in [1.82, 2.24) is 9.55 Å². The lowest BCUT2D eigenvalue weighted by Gasteiger charge is -2.05. The molecule has 92 valence electrons. The molecule has 1 heterocycles. The summed E-state index contributed by atoms with van der Waals surface area (Å²) in [6.45, 7) is 4.95. The number of imidazole rings is 1. The second kappa shape index (κ2) is 7.24. The summed E-state index contributed by atoms with van der Waals surface area (Å²) in [5.41, 5.74) is 6.69. The van der Waals surface area contributed by atoms with Gasteiger partial charge in [-0.3, -0.25) is 0 Å². The van der Waals surface area contributed by atoms with E-state index in [4.69, 9.17) is 15.2 Å². The molecule has 0 radical (unpaired) electrons. The lowest BCUT2D eigenvalue weighted by molar-refractivity contribution is 0.0684. The Morgan fingerprint density at radius 3 is 2.75 bits per heavy atom. The van der Waals surface area contributed by atoms with Crippen LogP contribution in [-0.2, 0) is 16.0 Å². The highest BCUT2D eigenvalue weighted by Gasteiger charge is 2.00. The van der Waals surface area contributed by atoms with Crippen LogP contribution in [0.3, 0.4) is 0 Å². The van der Waals surface area contributed by atoms with Crippen molar-refractivity contribution in [2.75, 3.05) is 32.7 Å². The Kier molecular flexibility index (Phi) is 5.88. The molecule has 0 aliphatic heterocycles. The summed E-state index contributed by atoms with van der Waals surface area (Å²) in [6, 6.07) is 0. The number of ether oxygens (including phenoxy) is 2. The highest BCUT2D eigenvalue weighted by molar-refractivity contribution is 5.20. The van der Waals surface area contributed by atoms with Gasteiger partial charge in [0.15, 0.2) is 5.95 Å². The average Bonchev–Trinajstić information content (AvgIpc) is 2.56. The average molecular weight is 227 g/mol. The van der Waals surface area contributed by atoms with E-state index in [1.807, 2.05) is 17.7 Å². The van der Waals surface area contributed by atoms with Crippen LogP contribution < -0.4 is 5.73 Å². The first kappa shape index (κ1) is 13.0. The quantitative estimate of drug-likeness (QED) is 0.678. The lowest BCUT2D eigenvalue weighted by atomic mass is 10.3. The molecule has 0 amide bonds. The molecule has 1 aromatic heterocycles. The first-order valence-corrected chi connectivity index (χ1v) is 5.60. The van der Waals surface area contributed by atoms with Crippen molar-refractivity contribution in [3.63, 3.8) is 0 Å². The van der Waals surface area contributed by atoms with Gasteiger partial charge in [0.25, 0.3) is 0 Å². The second-order valence-electron chi connectivity index (χ2n) is 3.75. The molecule has 0 bridgehead atoms. The van der Waals surface area contributed by atoms with Crippen molar-refractivity contribution in [2.45, 2.75) is 26.3 Å². The molecule has 1 rings (SSSR count). The molecule has 16 heavy (non-hydrogen) atoms. The van der Waals surface area contributed by atoms with Crippen LogP contribution in [-0.4, -0.2) is 36.5 Å². The Balaban J connectivity index is 2.05. The topological polar surface area (TPSA) is 62.3 Å². The number of unbranched alkanes of at least 4 members (excludes halogenated alkanes) is 1. The number of rotatable bonds is 8. The predicted molar refractivity (Wildman–Crippen MR) is 63.3 cm³/mol. The smallest absolute Gasteiger partial charge is 0.200 e. The number of aryl methyl sites for hydroxylation is 2. The summed E-state index contributed by atoms with van der Waals surface area (Å²) >= 11 is 0. The summed E-state index contributed by atoms with van der Waals surface area (Å²) < 4.78 is 12.2. The Hall–Kier alpha value is -1.07. The van der Waals surface area contributed by atoms with Crippen LogP contribution in [0.5, 0.6) is 0 Å². The zero-order valence-electron chi connectivity index (χ0n) is 10.1. The number of nitrogen functional groups attached to an aromatic ring is 1. The summed E-state index contributed by atoms with van der Waals surface area (Å²) in [6.07, 6.45) is 4.05. The summed E-state index contributed by atoms with van der Waals surface area (Å²) in [5, 5.41) is 0. The molecule has 0 saturated carbocycles. The van der Waals surface area contributed by atoms with Gasteiger partial charge in [-0.1, -0.05) is 0 Å².